The summed E-state index contributed by atoms with van der Waals surface area (Å²) in [7, 11) is 0. The molecule has 1 saturated heterocycles. The van der Waals surface area contributed by atoms with Crippen molar-refractivity contribution in [1.29, 1.82) is 0 Å². The summed E-state index contributed by atoms with van der Waals surface area (Å²) in [5, 5.41) is 2.86. The maximum atomic E-state index is 12.4. The summed E-state index contributed by atoms with van der Waals surface area (Å²) in [5.74, 6) is -0.248. The number of para-hydroxylation sites is 1. The zero-order chi connectivity index (χ0) is 19.8. The Morgan fingerprint density at radius 1 is 1.19 bits per heavy atom. The van der Waals surface area contributed by atoms with Crippen molar-refractivity contribution in [1.82, 2.24) is 5.32 Å². The van der Waals surface area contributed by atoms with Crippen molar-refractivity contribution < 1.29 is 19.1 Å². The third-order valence-corrected chi connectivity index (χ3v) is 4.65. The predicted octanol–water partition coefficient (Wildman–Crippen LogP) is 3.30. The highest BCUT2D eigenvalue weighted by atomic mass is 16.5. The summed E-state index contributed by atoms with van der Waals surface area (Å²) in [6.07, 6.45) is 4.34. The van der Waals surface area contributed by atoms with Crippen molar-refractivity contribution in [3.63, 3.8) is 0 Å². The number of anilines is 1. The molecule has 1 heterocycles. The maximum Gasteiger partial charge on any atom is 0.340 e. The van der Waals surface area contributed by atoms with Crippen molar-refractivity contribution >= 4 is 23.5 Å². The van der Waals surface area contributed by atoms with Crippen LogP contribution in [0.25, 0.3) is 0 Å². The van der Waals surface area contributed by atoms with E-state index in [0.29, 0.717) is 30.1 Å². The summed E-state index contributed by atoms with van der Waals surface area (Å²) in [5.41, 5.74) is 0.859. The molecule has 0 aliphatic carbocycles. The number of benzene rings is 1. The average Bonchev–Trinajstić information content (AvgIpc) is 3.05. The van der Waals surface area contributed by atoms with Crippen LogP contribution in [0.4, 0.5) is 5.69 Å². The molecule has 0 bridgehead atoms. The van der Waals surface area contributed by atoms with Crippen molar-refractivity contribution in [2.75, 3.05) is 18.1 Å². The summed E-state index contributed by atoms with van der Waals surface area (Å²) >= 11 is 0. The summed E-state index contributed by atoms with van der Waals surface area (Å²) in [6.45, 7) is 6.58. The SMILES string of the molecule is CC(C)CCC[C@H](C)NC(=O)COC(=O)c1ccccc1N1CCCC1=O. The van der Waals surface area contributed by atoms with Crippen LogP contribution in [0.15, 0.2) is 24.3 Å². The van der Waals surface area contributed by atoms with E-state index in [0.717, 1.165) is 25.7 Å². The Kier molecular flexibility index (Phi) is 7.82. The van der Waals surface area contributed by atoms with Crippen LogP contribution in [0, 0.1) is 5.92 Å². The standard InChI is InChI=1S/C21H30N2O4/c1-15(2)8-6-9-16(3)22-19(24)14-27-21(26)17-10-4-5-11-18(17)23-13-7-12-20(23)25/h4-5,10-11,15-16H,6-9,12-14H2,1-3H3,(H,22,24)/t16-/m0/s1. The Hall–Kier alpha value is -2.37. The number of hydrogen-bond acceptors (Lipinski definition) is 4. The van der Waals surface area contributed by atoms with E-state index in [-0.39, 0.29) is 24.5 Å². The number of hydrogen-bond donors (Lipinski definition) is 1. The highest BCUT2D eigenvalue weighted by Gasteiger charge is 2.26. The Morgan fingerprint density at radius 3 is 2.59 bits per heavy atom. The van der Waals surface area contributed by atoms with E-state index in [2.05, 4.69) is 19.2 Å². The van der Waals surface area contributed by atoms with Crippen LogP contribution in [-0.4, -0.2) is 37.0 Å². The van der Waals surface area contributed by atoms with Crippen molar-refractivity contribution in [2.24, 2.45) is 5.92 Å². The van der Waals surface area contributed by atoms with Gasteiger partial charge in [-0.3, -0.25) is 9.59 Å². The van der Waals surface area contributed by atoms with Gasteiger partial charge in [-0.15, -0.1) is 0 Å². The van der Waals surface area contributed by atoms with Crippen LogP contribution in [0.1, 0.15) is 63.2 Å². The van der Waals surface area contributed by atoms with Crippen LogP contribution in [0.5, 0.6) is 0 Å². The van der Waals surface area contributed by atoms with Crippen LogP contribution in [0.2, 0.25) is 0 Å². The van der Waals surface area contributed by atoms with E-state index >= 15 is 0 Å². The second kappa shape index (κ2) is 10.1. The average molecular weight is 374 g/mol. The second-order valence-electron chi connectivity index (χ2n) is 7.54. The molecule has 1 N–H and O–H groups in total. The zero-order valence-electron chi connectivity index (χ0n) is 16.5. The minimum absolute atomic E-state index is 0.00298. The third-order valence-electron chi connectivity index (χ3n) is 4.65. The lowest BCUT2D eigenvalue weighted by atomic mass is 10.0. The van der Waals surface area contributed by atoms with Gasteiger partial charge in [0.1, 0.15) is 0 Å². The van der Waals surface area contributed by atoms with Crippen LogP contribution in [0.3, 0.4) is 0 Å². The fraction of sp³-hybridized carbons (Fsp3) is 0.571. The minimum atomic E-state index is -0.590. The number of amides is 2. The highest BCUT2D eigenvalue weighted by Crippen LogP contribution is 2.25. The number of nitrogens with zero attached hydrogens (tertiary/aromatic N) is 1. The van der Waals surface area contributed by atoms with Gasteiger partial charge in [0.25, 0.3) is 5.91 Å². The molecule has 1 aliphatic rings. The minimum Gasteiger partial charge on any atom is -0.452 e. The first-order chi connectivity index (χ1) is 12.9. The lowest BCUT2D eigenvalue weighted by molar-refractivity contribution is -0.125. The molecule has 0 aromatic heterocycles. The lowest BCUT2D eigenvalue weighted by Crippen LogP contribution is -2.36. The molecule has 1 aliphatic heterocycles. The molecule has 6 heteroatoms. The van der Waals surface area contributed by atoms with Gasteiger partial charge in [-0.1, -0.05) is 38.8 Å². The van der Waals surface area contributed by atoms with Gasteiger partial charge in [-0.2, -0.15) is 0 Å². The van der Waals surface area contributed by atoms with Crippen LogP contribution in [-0.2, 0) is 14.3 Å². The quantitative estimate of drug-likeness (QED) is 0.673. The Bertz CT molecular complexity index is 672. The van der Waals surface area contributed by atoms with Crippen molar-refractivity contribution in [2.45, 2.75) is 58.9 Å². The number of nitrogens with one attached hydrogen (secondary N) is 1. The molecule has 0 unspecified atom stereocenters. The maximum absolute atomic E-state index is 12.4. The van der Waals surface area contributed by atoms with E-state index in [9.17, 15) is 14.4 Å². The summed E-state index contributed by atoms with van der Waals surface area (Å²) < 4.78 is 5.18. The molecule has 6 nitrogen and oxygen atoms in total. The number of ether oxygens (including phenoxy) is 1. The second-order valence-corrected chi connectivity index (χ2v) is 7.54. The molecule has 1 aromatic carbocycles. The third kappa shape index (κ3) is 6.38. The van der Waals surface area contributed by atoms with Gasteiger partial charge in [0.05, 0.1) is 11.3 Å². The van der Waals surface area contributed by atoms with Gasteiger partial charge in [0.15, 0.2) is 6.61 Å². The summed E-state index contributed by atoms with van der Waals surface area (Å²) in [4.78, 5) is 38.0. The van der Waals surface area contributed by atoms with Gasteiger partial charge in [-0.25, -0.2) is 4.79 Å². The van der Waals surface area contributed by atoms with Gasteiger partial charge in [-0.05, 0) is 37.8 Å². The Balaban J connectivity index is 1.85. The fourth-order valence-electron chi connectivity index (χ4n) is 3.21. The van der Waals surface area contributed by atoms with E-state index in [4.69, 9.17) is 4.74 Å². The molecule has 27 heavy (non-hydrogen) atoms. The molecule has 1 atom stereocenters. The molecule has 0 radical (unpaired) electrons. The summed E-state index contributed by atoms with van der Waals surface area (Å²) in [6, 6.07) is 6.90. The fourth-order valence-corrected chi connectivity index (χ4v) is 3.21. The van der Waals surface area contributed by atoms with Gasteiger partial charge in [0.2, 0.25) is 5.91 Å². The van der Waals surface area contributed by atoms with Crippen LogP contribution >= 0.6 is 0 Å². The molecule has 0 spiro atoms. The molecule has 1 aromatic rings. The number of esters is 1. The number of carbonyl (C=O) groups excluding carboxylic acids is 3. The molecule has 1 fully saturated rings. The van der Waals surface area contributed by atoms with Gasteiger partial charge in [0, 0.05) is 19.0 Å². The number of rotatable bonds is 9. The first-order valence-corrected chi connectivity index (χ1v) is 9.74. The molecule has 2 rings (SSSR count). The topological polar surface area (TPSA) is 75.7 Å². The van der Waals surface area contributed by atoms with Crippen LogP contribution < -0.4 is 10.2 Å². The van der Waals surface area contributed by atoms with E-state index in [1.54, 1.807) is 29.2 Å². The van der Waals surface area contributed by atoms with Gasteiger partial charge < -0.3 is 15.0 Å². The van der Waals surface area contributed by atoms with E-state index in [1.165, 1.54) is 0 Å². The molecular weight excluding hydrogens is 344 g/mol. The first kappa shape index (κ1) is 20.9. The van der Waals surface area contributed by atoms with Crippen molar-refractivity contribution in [3.8, 4) is 0 Å². The van der Waals surface area contributed by atoms with Gasteiger partial charge >= 0.3 is 5.97 Å². The Labute approximate surface area is 161 Å². The molecule has 2 amide bonds. The smallest absolute Gasteiger partial charge is 0.340 e. The Morgan fingerprint density at radius 2 is 1.93 bits per heavy atom. The molecule has 148 valence electrons. The molecular formula is C21H30N2O4. The largest absolute Gasteiger partial charge is 0.452 e. The number of carbonyl (C=O) groups is 3. The first-order valence-electron chi connectivity index (χ1n) is 9.74. The lowest BCUT2D eigenvalue weighted by Gasteiger charge is -2.19. The normalized spacial score (nSPS) is 15.1. The zero-order valence-corrected chi connectivity index (χ0v) is 16.5. The highest BCUT2D eigenvalue weighted by molar-refractivity contribution is 6.03. The monoisotopic (exact) mass is 374 g/mol. The predicted molar refractivity (Wildman–Crippen MR) is 105 cm³/mol. The molecule has 0 saturated carbocycles. The van der Waals surface area contributed by atoms with E-state index < -0.39 is 5.97 Å². The van der Waals surface area contributed by atoms with Crippen molar-refractivity contribution in [3.05, 3.63) is 29.8 Å². The van der Waals surface area contributed by atoms with E-state index in [1.807, 2.05) is 6.92 Å².